The molecular formula is C22H17ClN2O4. The van der Waals surface area contributed by atoms with E-state index >= 15 is 0 Å². The van der Waals surface area contributed by atoms with Crippen LogP contribution in [0.25, 0.3) is 6.08 Å². The number of carbonyl (C=O) groups excluding carboxylic acids is 2. The molecule has 0 bridgehead atoms. The van der Waals surface area contributed by atoms with Gasteiger partial charge in [0.25, 0.3) is 11.8 Å². The summed E-state index contributed by atoms with van der Waals surface area (Å²) in [5.41, 5.74) is 1.66. The first kappa shape index (κ1) is 20.2. The molecule has 0 aliphatic carbocycles. The largest absolute Gasteiger partial charge is 0.493 e. The molecule has 1 aliphatic heterocycles. The number of imide groups is 1. The van der Waals surface area contributed by atoms with Crippen molar-refractivity contribution in [3.05, 3.63) is 64.2 Å². The van der Waals surface area contributed by atoms with Gasteiger partial charge in [-0.3, -0.25) is 9.59 Å². The molecule has 6 nitrogen and oxygen atoms in total. The number of methoxy groups -OCH3 is 1. The molecule has 3 rings (SSSR count). The molecule has 29 heavy (non-hydrogen) atoms. The van der Waals surface area contributed by atoms with Gasteiger partial charge in [0.05, 0.1) is 23.4 Å². The van der Waals surface area contributed by atoms with Crippen molar-refractivity contribution >= 4 is 35.2 Å². The molecule has 7 heteroatoms. The van der Waals surface area contributed by atoms with E-state index in [0.29, 0.717) is 28.3 Å². The van der Waals surface area contributed by atoms with E-state index in [1.54, 1.807) is 55.5 Å². The van der Waals surface area contributed by atoms with Crippen LogP contribution in [0.5, 0.6) is 11.5 Å². The van der Waals surface area contributed by atoms with Crippen LogP contribution in [0.15, 0.2) is 53.1 Å². The van der Waals surface area contributed by atoms with Crippen molar-refractivity contribution in [3.63, 3.8) is 0 Å². The summed E-state index contributed by atoms with van der Waals surface area (Å²) in [4.78, 5) is 25.4. The van der Waals surface area contributed by atoms with Gasteiger partial charge in [0.15, 0.2) is 11.5 Å². The maximum Gasteiger partial charge on any atom is 0.283 e. The highest BCUT2D eigenvalue weighted by atomic mass is 35.5. The number of halogens is 1. The fourth-order valence-electron chi connectivity index (χ4n) is 2.77. The van der Waals surface area contributed by atoms with E-state index in [4.69, 9.17) is 27.5 Å². The Balaban J connectivity index is 1.92. The zero-order chi connectivity index (χ0) is 21.0. The lowest BCUT2D eigenvalue weighted by Gasteiger charge is -2.12. The summed E-state index contributed by atoms with van der Waals surface area (Å²) >= 11 is 6.28. The molecule has 0 spiro atoms. The smallest absolute Gasteiger partial charge is 0.283 e. The summed E-state index contributed by atoms with van der Waals surface area (Å²) < 4.78 is 10.7. The number of carbonyl (C=O) groups is 2. The molecule has 0 unspecified atom stereocenters. The van der Waals surface area contributed by atoms with Crippen LogP contribution in [0.2, 0.25) is 5.02 Å². The molecule has 0 radical (unpaired) electrons. The topological polar surface area (TPSA) is 68.2 Å². The van der Waals surface area contributed by atoms with Crippen LogP contribution in [0, 0.1) is 12.3 Å². The molecule has 146 valence electrons. The molecule has 2 amide bonds. The Bertz CT molecular complexity index is 1070. The molecule has 0 saturated heterocycles. The van der Waals surface area contributed by atoms with Gasteiger partial charge in [-0.05, 0) is 42.8 Å². The zero-order valence-electron chi connectivity index (χ0n) is 15.8. The average Bonchev–Trinajstić information content (AvgIpc) is 3.01. The van der Waals surface area contributed by atoms with E-state index < -0.39 is 11.8 Å². The first-order chi connectivity index (χ1) is 14.0. The molecule has 0 saturated carbocycles. The number of amides is 2. The summed E-state index contributed by atoms with van der Waals surface area (Å²) in [6, 6.07) is 11.8. The third kappa shape index (κ3) is 4.15. The average molecular weight is 409 g/mol. The Kier molecular flexibility index (Phi) is 6.01. The summed E-state index contributed by atoms with van der Waals surface area (Å²) in [6.45, 7) is 1.70. The fraction of sp³-hybridized carbons (Fsp3) is 0.136. The van der Waals surface area contributed by atoms with Crippen molar-refractivity contribution < 1.29 is 19.1 Å². The number of rotatable bonds is 5. The van der Waals surface area contributed by atoms with Crippen LogP contribution >= 0.6 is 11.6 Å². The number of hydrazone groups is 1. The fourth-order valence-corrected chi connectivity index (χ4v) is 3.04. The van der Waals surface area contributed by atoms with Gasteiger partial charge in [-0.2, -0.15) is 10.1 Å². The van der Waals surface area contributed by atoms with Gasteiger partial charge >= 0.3 is 0 Å². The Morgan fingerprint density at radius 3 is 2.69 bits per heavy atom. The molecule has 2 aromatic rings. The van der Waals surface area contributed by atoms with Crippen LogP contribution in [-0.4, -0.2) is 36.3 Å². The van der Waals surface area contributed by atoms with Gasteiger partial charge in [0.2, 0.25) is 0 Å². The van der Waals surface area contributed by atoms with E-state index in [0.717, 1.165) is 5.01 Å². The van der Waals surface area contributed by atoms with Gasteiger partial charge in [-0.1, -0.05) is 35.7 Å². The van der Waals surface area contributed by atoms with E-state index in [2.05, 4.69) is 11.0 Å². The van der Waals surface area contributed by atoms with Crippen molar-refractivity contribution in [3.8, 4) is 23.8 Å². The minimum atomic E-state index is -0.515. The minimum Gasteiger partial charge on any atom is -0.493 e. The third-order valence-electron chi connectivity index (χ3n) is 4.14. The molecule has 0 N–H and O–H groups in total. The number of terminal acetylenes is 1. The van der Waals surface area contributed by atoms with E-state index in [9.17, 15) is 9.59 Å². The first-order valence-corrected chi connectivity index (χ1v) is 8.99. The molecule has 1 heterocycles. The first-order valence-electron chi connectivity index (χ1n) is 8.61. The van der Waals surface area contributed by atoms with Crippen LogP contribution < -0.4 is 9.47 Å². The summed E-state index contributed by atoms with van der Waals surface area (Å²) in [5, 5.41) is 5.26. The lowest BCUT2D eigenvalue weighted by Crippen LogP contribution is -2.29. The van der Waals surface area contributed by atoms with Crippen LogP contribution in [0.1, 0.15) is 22.8 Å². The second-order valence-electron chi connectivity index (χ2n) is 6.06. The standard InChI is InChI=1S/C22H17ClN2O4/c1-4-10-29-20-18(23)12-15(13-19(20)28-3)11-17-14(2)24-25(22(17)27)21(26)16-8-6-5-7-9-16/h1,5-9,11-13H,10H2,2-3H3/b17-11+. The van der Waals surface area contributed by atoms with Gasteiger partial charge in [0.1, 0.15) is 6.61 Å². The Morgan fingerprint density at radius 2 is 2.03 bits per heavy atom. The lowest BCUT2D eigenvalue weighted by atomic mass is 10.1. The second kappa shape index (κ2) is 8.63. The van der Waals surface area contributed by atoms with E-state index in [1.165, 1.54) is 7.11 Å². The van der Waals surface area contributed by atoms with Crippen molar-refractivity contribution in [1.29, 1.82) is 0 Å². The molecule has 2 aromatic carbocycles. The highest BCUT2D eigenvalue weighted by Gasteiger charge is 2.33. The van der Waals surface area contributed by atoms with Crippen LogP contribution in [-0.2, 0) is 4.79 Å². The number of hydrogen-bond donors (Lipinski definition) is 0. The molecule has 0 aromatic heterocycles. The Morgan fingerprint density at radius 1 is 1.31 bits per heavy atom. The van der Waals surface area contributed by atoms with Gasteiger partial charge < -0.3 is 9.47 Å². The predicted octanol–water partition coefficient (Wildman–Crippen LogP) is 3.80. The normalized spacial score (nSPS) is 14.6. The van der Waals surface area contributed by atoms with Gasteiger partial charge in [0, 0.05) is 5.56 Å². The van der Waals surface area contributed by atoms with Crippen LogP contribution in [0.3, 0.4) is 0 Å². The van der Waals surface area contributed by atoms with Crippen molar-refractivity contribution in [2.45, 2.75) is 6.92 Å². The summed E-state index contributed by atoms with van der Waals surface area (Å²) in [6.07, 6.45) is 6.81. The monoisotopic (exact) mass is 408 g/mol. The van der Waals surface area contributed by atoms with E-state index in [-0.39, 0.29) is 17.2 Å². The molecule has 0 fully saturated rings. The SMILES string of the molecule is C#CCOc1c(Cl)cc(/C=C2/C(=O)N(C(=O)c3ccccc3)N=C2C)cc1OC. The van der Waals surface area contributed by atoms with Crippen molar-refractivity contribution in [2.75, 3.05) is 13.7 Å². The number of ether oxygens (including phenoxy) is 2. The minimum absolute atomic E-state index is 0.0390. The maximum absolute atomic E-state index is 12.8. The Hall–Kier alpha value is -3.56. The predicted molar refractivity (Wildman–Crippen MR) is 111 cm³/mol. The zero-order valence-corrected chi connectivity index (χ0v) is 16.6. The summed E-state index contributed by atoms with van der Waals surface area (Å²) in [7, 11) is 1.47. The molecule has 1 aliphatic rings. The van der Waals surface area contributed by atoms with Gasteiger partial charge in [-0.15, -0.1) is 6.42 Å². The second-order valence-corrected chi connectivity index (χ2v) is 6.47. The van der Waals surface area contributed by atoms with E-state index in [1.807, 2.05) is 0 Å². The number of nitrogens with zero attached hydrogens (tertiary/aromatic N) is 2. The number of hydrogen-bond acceptors (Lipinski definition) is 5. The maximum atomic E-state index is 12.8. The highest BCUT2D eigenvalue weighted by Crippen LogP contribution is 2.37. The lowest BCUT2D eigenvalue weighted by molar-refractivity contribution is -0.123. The van der Waals surface area contributed by atoms with Crippen LogP contribution in [0.4, 0.5) is 0 Å². The Labute approximate surface area is 173 Å². The highest BCUT2D eigenvalue weighted by molar-refractivity contribution is 6.33. The molecule has 0 atom stereocenters. The molecular weight excluding hydrogens is 392 g/mol. The number of benzene rings is 2. The quantitative estimate of drug-likeness (QED) is 0.428. The third-order valence-corrected chi connectivity index (χ3v) is 4.42. The van der Waals surface area contributed by atoms with Gasteiger partial charge in [-0.25, -0.2) is 0 Å². The van der Waals surface area contributed by atoms with Crippen molar-refractivity contribution in [2.24, 2.45) is 5.10 Å². The van der Waals surface area contributed by atoms with Crippen molar-refractivity contribution in [1.82, 2.24) is 5.01 Å². The summed E-state index contributed by atoms with van der Waals surface area (Å²) in [5.74, 6) is 2.04.